The van der Waals surface area contributed by atoms with Gasteiger partial charge in [0.1, 0.15) is 17.0 Å². The summed E-state index contributed by atoms with van der Waals surface area (Å²) in [6, 6.07) is 1.66. The molecule has 0 saturated carbocycles. The highest BCUT2D eigenvalue weighted by Gasteiger charge is 2.35. The van der Waals surface area contributed by atoms with E-state index >= 15 is 0 Å². The zero-order chi connectivity index (χ0) is 14.7. The van der Waals surface area contributed by atoms with Crippen molar-refractivity contribution in [2.45, 2.75) is 52.2 Å². The molecule has 106 valence electrons. The number of carbonyl (C=O) groups excluding carboxylic acids is 1. The van der Waals surface area contributed by atoms with Crippen LogP contribution in [0, 0.1) is 0 Å². The second-order valence-corrected chi connectivity index (χ2v) is 5.86. The van der Waals surface area contributed by atoms with Crippen LogP contribution in [-0.4, -0.2) is 27.1 Å². The summed E-state index contributed by atoms with van der Waals surface area (Å²) in [5.41, 5.74) is -1.39. The van der Waals surface area contributed by atoms with Crippen LogP contribution in [0.2, 0.25) is 5.28 Å². The summed E-state index contributed by atoms with van der Waals surface area (Å²) in [6.45, 7) is 9.18. The van der Waals surface area contributed by atoms with Crippen molar-refractivity contribution in [3.05, 3.63) is 17.5 Å². The highest BCUT2D eigenvalue weighted by Crippen LogP contribution is 2.22. The quantitative estimate of drug-likeness (QED) is 0.680. The smallest absolute Gasteiger partial charge is 0.332 e. The lowest BCUT2D eigenvalue weighted by Gasteiger charge is -2.31. The van der Waals surface area contributed by atoms with Crippen molar-refractivity contribution in [1.82, 2.24) is 9.97 Å². The number of hydrogen-bond donors (Lipinski definition) is 1. The van der Waals surface area contributed by atoms with Crippen molar-refractivity contribution < 1.29 is 9.53 Å². The molecule has 0 aliphatic heterocycles. The second kappa shape index (κ2) is 5.74. The monoisotopic (exact) mass is 285 g/mol. The van der Waals surface area contributed by atoms with Crippen molar-refractivity contribution in [1.29, 1.82) is 0 Å². The van der Waals surface area contributed by atoms with Crippen LogP contribution >= 0.6 is 11.6 Å². The van der Waals surface area contributed by atoms with E-state index < -0.39 is 11.1 Å². The van der Waals surface area contributed by atoms with Gasteiger partial charge in [-0.2, -0.15) is 0 Å². The Labute approximate surface area is 118 Å². The van der Waals surface area contributed by atoms with E-state index in [9.17, 15) is 4.79 Å². The molecule has 1 N–H and O–H groups in total. The molecule has 0 aliphatic carbocycles. The Balaban J connectivity index is 2.89. The minimum absolute atomic E-state index is 0.132. The number of anilines is 1. The first-order valence-corrected chi connectivity index (χ1v) is 6.54. The van der Waals surface area contributed by atoms with E-state index in [1.165, 1.54) is 6.20 Å². The van der Waals surface area contributed by atoms with E-state index in [2.05, 4.69) is 15.3 Å². The van der Waals surface area contributed by atoms with Gasteiger partial charge in [-0.1, -0.05) is 6.92 Å². The van der Waals surface area contributed by atoms with Crippen LogP contribution in [0.1, 0.15) is 41.0 Å². The zero-order valence-corrected chi connectivity index (χ0v) is 12.7. The number of hydrogen-bond acceptors (Lipinski definition) is 5. The van der Waals surface area contributed by atoms with Crippen LogP contribution in [-0.2, 0) is 9.53 Å². The zero-order valence-electron chi connectivity index (χ0n) is 12.0. The van der Waals surface area contributed by atoms with E-state index in [1.807, 2.05) is 27.7 Å². The molecule has 0 saturated heterocycles. The topological polar surface area (TPSA) is 64.1 Å². The summed E-state index contributed by atoms with van der Waals surface area (Å²) in [6.07, 6.45) is 2.09. The number of esters is 1. The molecule has 6 heteroatoms. The van der Waals surface area contributed by atoms with Gasteiger partial charge in [-0.05, 0) is 51.8 Å². The van der Waals surface area contributed by atoms with Gasteiger partial charge in [0, 0.05) is 6.20 Å². The molecular weight excluding hydrogens is 266 g/mol. The number of nitrogens with zero attached hydrogens (tertiary/aromatic N) is 2. The van der Waals surface area contributed by atoms with Gasteiger partial charge in [0.15, 0.2) is 0 Å². The van der Waals surface area contributed by atoms with Crippen molar-refractivity contribution in [2.24, 2.45) is 0 Å². The van der Waals surface area contributed by atoms with Gasteiger partial charge in [-0.15, -0.1) is 0 Å². The van der Waals surface area contributed by atoms with Crippen molar-refractivity contribution >= 4 is 23.4 Å². The fraction of sp³-hybridized carbons (Fsp3) is 0.615. The summed E-state index contributed by atoms with van der Waals surface area (Å²) in [5.74, 6) is 0.174. The molecule has 0 aromatic carbocycles. The maximum atomic E-state index is 12.2. The van der Waals surface area contributed by atoms with Gasteiger partial charge in [0.2, 0.25) is 5.28 Å². The molecular formula is C13H20ClN3O2. The van der Waals surface area contributed by atoms with Gasteiger partial charge in [-0.25, -0.2) is 14.8 Å². The number of aromatic nitrogens is 2. The average molecular weight is 286 g/mol. The summed E-state index contributed by atoms with van der Waals surface area (Å²) in [4.78, 5) is 20.1. The molecule has 19 heavy (non-hydrogen) atoms. The molecule has 0 aliphatic rings. The molecule has 1 aromatic rings. The summed E-state index contributed by atoms with van der Waals surface area (Å²) < 4.78 is 5.42. The fourth-order valence-corrected chi connectivity index (χ4v) is 1.51. The maximum Gasteiger partial charge on any atom is 0.332 e. The third kappa shape index (κ3) is 4.67. The Morgan fingerprint density at radius 2 is 2.05 bits per heavy atom. The normalized spacial score (nSPS) is 14.6. The Kier molecular flexibility index (Phi) is 4.74. The van der Waals surface area contributed by atoms with Crippen LogP contribution in [0.15, 0.2) is 12.3 Å². The summed E-state index contributed by atoms with van der Waals surface area (Å²) in [5, 5.41) is 3.19. The molecule has 1 heterocycles. The van der Waals surface area contributed by atoms with Gasteiger partial charge in [0.05, 0.1) is 0 Å². The van der Waals surface area contributed by atoms with E-state index in [0.29, 0.717) is 12.2 Å². The summed E-state index contributed by atoms with van der Waals surface area (Å²) in [7, 11) is 0. The lowest BCUT2D eigenvalue weighted by atomic mass is 9.98. The molecule has 1 atom stereocenters. The highest BCUT2D eigenvalue weighted by molar-refractivity contribution is 6.28. The SMILES string of the molecule is CC[C@@](C)(Nc1ccnc(Cl)n1)C(=O)OC(C)(C)C. The maximum absolute atomic E-state index is 12.2. The van der Waals surface area contributed by atoms with Gasteiger partial charge in [-0.3, -0.25) is 0 Å². The van der Waals surface area contributed by atoms with Gasteiger partial charge < -0.3 is 10.1 Å². The molecule has 0 amide bonds. The minimum Gasteiger partial charge on any atom is -0.458 e. The third-order valence-corrected chi connectivity index (χ3v) is 2.77. The largest absolute Gasteiger partial charge is 0.458 e. The Morgan fingerprint density at radius 1 is 1.42 bits per heavy atom. The number of rotatable bonds is 4. The van der Waals surface area contributed by atoms with Crippen molar-refractivity contribution in [2.75, 3.05) is 5.32 Å². The van der Waals surface area contributed by atoms with Crippen LogP contribution < -0.4 is 5.32 Å². The first-order chi connectivity index (χ1) is 8.66. The van der Waals surface area contributed by atoms with Gasteiger partial charge >= 0.3 is 5.97 Å². The second-order valence-electron chi connectivity index (χ2n) is 5.52. The average Bonchev–Trinajstić information content (AvgIpc) is 2.26. The van der Waals surface area contributed by atoms with Crippen LogP contribution in [0.3, 0.4) is 0 Å². The lowest BCUT2D eigenvalue weighted by Crippen LogP contribution is -2.47. The Bertz CT molecular complexity index is 459. The first kappa shape index (κ1) is 15.7. The number of halogens is 1. The minimum atomic E-state index is -0.856. The van der Waals surface area contributed by atoms with E-state index in [0.717, 1.165) is 0 Å². The number of nitrogens with one attached hydrogen (secondary N) is 1. The molecule has 0 fully saturated rings. The Morgan fingerprint density at radius 3 is 2.53 bits per heavy atom. The highest BCUT2D eigenvalue weighted by atomic mass is 35.5. The first-order valence-electron chi connectivity index (χ1n) is 6.16. The van der Waals surface area contributed by atoms with E-state index in [-0.39, 0.29) is 11.3 Å². The van der Waals surface area contributed by atoms with Crippen molar-refractivity contribution in [3.63, 3.8) is 0 Å². The third-order valence-electron chi connectivity index (χ3n) is 2.59. The summed E-state index contributed by atoms with van der Waals surface area (Å²) >= 11 is 5.72. The predicted molar refractivity (Wildman–Crippen MR) is 75.2 cm³/mol. The van der Waals surface area contributed by atoms with Crippen molar-refractivity contribution in [3.8, 4) is 0 Å². The van der Waals surface area contributed by atoms with E-state index in [4.69, 9.17) is 16.3 Å². The molecule has 1 aromatic heterocycles. The molecule has 5 nitrogen and oxygen atoms in total. The standard InChI is InChI=1S/C13H20ClN3O2/c1-6-13(5,10(18)19-12(2,3)4)17-9-7-8-15-11(14)16-9/h7-8H,6H2,1-5H3,(H,15,16,17)/t13-/m1/s1. The number of carbonyl (C=O) groups is 1. The van der Waals surface area contributed by atoms with Crippen LogP contribution in [0.4, 0.5) is 5.82 Å². The Hall–Kier alpha value is -1.36. The molecule has 1 rings (SSSR count). The molecule has 0 unspecified atom stereocenters. The molecule has 0 bridgehead atoms. The number of ether oxygens (including phenoxy) is 1. The lowest BCUT2D eigenvalue weighted by molar-refractivity contribution is -0.160. The molecule has 0 radical (unpaired) electrons. The van der Waals surface area contributed by atoms with Gasteiger partial charge in [0.25, 0.3) is 0 Å². The fourth-order valence-electron chi connectivity index (χ4n) is 1.36. The molecule has 0 spiro atoms. The van der Waals surface area contributed by atoms with Crippen LogP contribution in [0.5, 0.6) is 0 Å². The predicted octanol–water partition coefficient (Wildman–Crippen LogP) is 3.05. The van der Waals surface area contributed by atoms with Crippen LogP contribution in [0.25, 0.3) is 0 Å². The van der Waals surface area contributed by atoms with E-state index in [1.54, 1.807) is 13.0 Å².